The molecule has 2 heterocycles. The maximum Gasteiger partial charge on any atom is 0.303 e. The summed E-state index contributed by atoms with van der Waals surface area (Å²) in [6.07, 6.45) is 4.79. The quantitative estimate of drug-likeness (QED) is 0.833. The zero-order valence-electron chi connectivity index (χ0n) is 10.8. The number of amides is 1. The number of aromatic nitrogens is 2. The molecule has 1 aliphatic heterocycles. The van der Waals surface area contributed by atoms with Crippen molar-refractivity contribution in [2.24, 2.45) is 5.92 Å². The third-order valence-electron chi connectivity index (χ3n) is 3.54. The third-order valence-corrected chi connectivity index (χ3v) is 3.54. The average molecular weight is 265 g/mol. The smallest absolute Gasteiger partial charge is 0.303 e. The number of hydrogen-bond donors (Lipinski definition) is 2. The van der Waals surface area contributed by atoms with Gasteiger partial charge in [0.25, 0.3) is 0 Å². The average Bonchev–Trinajstić information content (AvgIpc) is 2.89. The molecule has 6 heteroatoms. The summed E-state index contributed by atoms with van der Waals surface area (Å²) in [6, 6.07) is 1.80. The Kier molecular flexibility index (Phi) is 4.54. The molecule has 1 aromatic heterocycles. The van der Waals surface area contributed by atoms with Gasteiger partial charge in [0.1, 0.15) is 0 Å². The second kappa shape index (κ2) is 6.36. The van der Waals surface area contributed by atoms with Gasteiger partial charge in [-0.15, -0.1) is 0 Å². The van der Waals surface area contributed by atoms with Gasteiger partial charge >= 0.3 is 5.97 Å². The van der Waals surface area contributed by atoms with Crippen LogP contribution in [0.2, 0.25) is 0 Å². The van der Waals surface area contributed by atoms with E-state index >= 15 is 0 Å². The minimum Gasteiger partial charge on any atom is -0.481 e. The van der Waals surface area contributed by atoms with E-state index in [2.05, 4.69) is 10.2 Å². The van der Waals surface area contributed by atoms with Crippen LogP contribution in [0.3, 0.4) is 0 Å². The van der Waals surface area contributed by atoms with Crippen LogP contribution in [0.25, 0.3) is 0 Å². The van der Waals surface area contributed by atoms with Gasteiger partial charge < -0.3 is 10.0 Å². The number of piperidine rings is 1. The number of nitrogens with zero attached hydrogens (tertiary/aromatic N) is 2. The number of aromatic amines is 1. The van der Waals surface area contributed by atoms with E-state index in [-0.39, 0.29) is 12.3 Å². The Morgan fingerprint density at radius 2 is 2.37 bits per heavy atom. The standard InChI is InChI=1S/C13H19N3O3/c17-12(8-11-5-6-14-15-11)16-7-1-2-10(9-16)3-4-13(18)19/h5-6,10H,1-4,7-9H2,(H,14,15)(H,18,19). The van der Waals surface area contributed by atoms with Crippen LogP contribution >= 0.6 is 0 Å². The highest BCUT2D eigenvalue weighted by atomic mass is 16.4. The summed E-state index contributed by atoms with van der Waals surface area (Å²) >= 11 is 0. The number of likely N-dealkylation sites (tertiary alicyclic amines) is 1. The van der Waals surface area contributed by atoms with Gasteiger partial charge in [-0.05, 0) is 31.2 Å². The molecule has 1 atom stereocenters. The summed E-state index contributed by atoms with van der Waals surface area (Å²) in [4.78, 5) is 24.5. The summed E-state index contributed by atoms with van der Waals surface area (Å²) in [5.74, 6) is -0.360. The highest BCUT2D eigenvalue weighted by molar-refractivity contribution is 5.78. The van der Waals surface area contributed by atoms with E-state index in [4.69, 9.17) is 5.11 Å². The molecule has 0 spiro atoms. The number of aliphatic carboxylic acids is 1. The molecule has 104 valence electrons. The lowest BCUT2D eigenvalue weighted by Crippen LogP contribution is -2.40. The van der Waals surface area contributed by atoms with Crippen LogP contribution in [0, 0.1) is 5.92 Å². The second-order valence-corrected chi connectivity index (χ2v) is 5.04. The van der Waals surface area contributed by atoms with Crippen molar-refractivity contribution in [2.75, 3.05) is 13.1 Å². The molecule has 1 saturated heterocycles. The monoisotopic (exact) mass is 265 g/mol. The van der Waals surface area contributed by atoms with Crippen molar-refractivity contribution in [1.82, 2.24) is 15.1 Å². The molecule has 2 N–H and O–H groups in total. The van der Waals surface area contributed by atoms with Gasteiger partial charge in [0.05, 0.1) is 6.42 Å². The van der Waals surface area contributed by atoms with Crippen molar-refractivity contribution in [1.29, 1.82) is 0 Å². The van der Waals surface area contributed by atoms with E-state index in [0.717, 1.165) is 25.1 Å². The van der Waals surface area contributed by atoms with Gasteiger partial charge in [-0.1, -0.05) is 0 Å². The summed E-state index contributed by atoms with van der Waals surface area (Å²) in [7, 11) is 0. The Labute approximate surface area is 111 Å². The van der Waals surface area contributed by atoms with Gasteiger partial charge in [-0.3, -0.25) is 14.7 Å². The molecule has 1 unspecified atom stereocenters. The molecule has 0 bridgehead atoms. The van der Waals surface area contributed by atoms with Crippen molar-refractivity contribution in [3.8, 4) is 0 Å². The molecule has 0 saturated carbocycles. The normalized spacial score (nSPS) is 19.4. The van der Waals surface area contributed by atoms with Crippen LogP contribution in [0.4, 0.5) is 0 Å². The Balaban J connectivity index is 1.82. The number of rotatable bonds is 5. The first-order valence-electron chi connectivity index (χ1n) is 6.63. The van der Waals surface area contributed by atoms with Crippen LogP contribution in [0.15, 0.2) is 12.3 Å². The number of hydrogen-bond acceptors (Lipinski definition) is 3. The molecule has 1 aliphatic rings. The predicted molar refractivity (Wildman–Crippen MR) is 68.5 cm³/mol. The molecular weight excluding hydrogens is 246 g/mol. The lowest BCUT2D eigenvalue weighted by Gasteiger charge is -2.32. The van der Waals surface area contributed by atoms with Crippen molar-refractivity contribution in [3.05, 3.63) is 18.0 Å². The SMILES string of the molecule is O=C(O)CCC1CCCN(C(=O)Cc2ccn[nH]2)C1. The first-order valence-corrected chi connectivity index (χ1v) is 6.63. The van der Waals surface area contributed by atoms with E-state index in [1.807, 2.05) is 4.90 Å². The Morgan fingerprint density at radius 1 is 1.53 bits per heavy atom. The van der Waals surface area contributed by atoms with E-state index in [9.17, 15) is 9.59 Å². The molecule has 1 aromatic rings. The molecule has 6 nitrogen and oxygen atoms in total. The fraction of sp³-hybridized carbons (Fsp3) is 0.615. The number of carboxylic acids is 1. The van der Waals surface area contributed by atoms with Crippen molar-refractivity contribution in [3.63, 3.8) is 0 Å². The summed E-state index contributed by atoms with van der Waals surface area (Å²) in [5, 5.41) is 15.3. The maximum absolute atomic E-state index is 12.1. The molecule has 2 rings (SSSR count). The van der Waals surface area contributed by atoms with Crippen LogP contribution in [0.5, 0.6) is 0 Å². The van der Waals surface area contributed by atoms with E-state index in [1.165, 1.54) is 0 Å². The molecule has 0 aliphatic carbocycles. The maximum atomic E-state index is 12.1. The largest absolute Gasteiger partial charge is 0.481 e. The van der Waals surface area contributed by atoms with Crippen LogP contribution in [-0.2, 0) is 16.0 Å². The molecular formula is C13H19N3O3. The van der Waals surface area contributed by atoms with Crippen LogP contribution < -0.4 is 0 Å². The van der Waals surface area contributed by atoms with Crippen LogP contribution in [0.1, 0.15) is 31.4 Å². The minimum atomic E-state index is -0.763. The van der Waals surface area contributed by atoms with E-state index < -0.39 is 5.97 Å². The Hall–Kier alpha value is -1.85. The number of carbonyl (C=O) groups excluding carboxylic acids is 1. The van der Waals surface area contributed by atoms with Gasteiger partial charge in [-0.25, -0.2) is 0 Å². The summed E-state index contributed by atoms with van der Waals surface area (Å²) in [6.45, 7) is 1.46. The second-order valence-electron chi connectivity index (χ2n) is 5.04. The number of carboxylic acid groups (broad SMARTS) is 1. The highest BCUT2D eigenvalue weighted by Crippen LogP contribution is 2.21. The van der Waals surface area contributed by atoms with Gasteiger partial charge in [0.15, 0.2) is 0 Å². The van der Waals surface area contributed by atoms with E-state index in [0.29, 0.717) is 25.3 Å². The fourth-order valence-electron chi connectivity index (χ4n) is 2.51. The highest BCUT2D eigenvalue weighted by Gasteiger charge is 2.24. The topological polar surface area (TPSA) is 86.3 Å². The fourth-order valence-corrected chi connectivity index (χ4v) is 2.51. The Morgan fingerprint density at radius 3 is 3.05 bits per heavy atom. The van der Waals surface area contributed by atoms with Crippen molar-refractivity contribution >= 4 is 11.9 Å². The number of H-pyrrole nitrogens is 1. The number of carbonyl (C=O) groups is 2. The molecule has 1 fully saturated rings. The zero-order valence-corrected chi connectivity index (χ0v) is 10.8. The van der Waals surface area contributed by atoms with Crippen LogP contribution in [-0.4, -0.2) is 45.2 Å². The first kappa shape index (κ1) is 13.6. The molecule has 0 aromatic carbocycles. The van der Waals surface area contributed by atoms with E-state index in [1.54, 1.807) is 12.3 Å². The summed E-state index contributed by atoms with van der Waals surface area (Å²) in [5.41, 5.74) is 0.817. The predicted octanol–water partition coefficient (Wildman–Crippen LogP) is 1.06. The van der Waals surface area contributed by atoms with Gasteiger partial charge in [0.2, 0.25) is 5.91 Å². The molecule has 1 amide bonds. The van der Waals surface area contributed by atoms with Gasteiger partial charge in [0, 0.05) is 31.4 Å². The zero-order chi connectivity index (χ0) is 13.7. The van der Waals surface area contributed by atoms with Gasteiger partial charge in [-0.2, -0.15) is 5.10 Å². The number of nitrogens with one attached hydrogen (secondary N) is 1. The van der Waals surface area contributed by atoms with Crippen molar-refractivity contribution in [2.45, 2.75) is 32.1 Å². The van der Waals surface area contributed by atoms with Crippen molar-refractivity contribution < 1.29 is 14.7 Å². The lowest BCUT2D eigenvalue weighted by molar-refractivity contribution is -0.137. The lowest BCUT2D eigenvalue weighted by atomic mass is 9.93. The Bertz CT molecular complexity index is 430. The molecule has 0 radical (unpaired) electrons. The minimum absolute atomic E-state index is 0.0873. The molecule has 19 heavy (non-hydrogen) atoms. The summed E-state index contributed by atoms with van der Waals surface area (Å²) < 4.78 is 0. The first-order chi connectivity index (χ1) is 9.15. The third kappa shape index (κ3) is 4.08.